The van der Waals surface area contributed by atoms with Crippen LogP contribution in [0, 0.1) is 24.5 Å². The smallest absolute Gasteiger partial charge is 0.426 e. The van der Waals surface area contributed by atoms with Gasteiger partial charge in [-0.1, -0.05) is 58.6 Å². The molecule has 4 aromatic heterocycles. The first kappa shape index (κ1) is 42.2. The van der Waals surface area contributed by atoms with E-state index >= 15 is 0 Å². The maximum atomic E-state index is 12.9. The molecule has 6 aromatic rings. The molecule has 1 fully saturated rings. The SMILES string of the molecule is CB1OB(C)OB(C)O1.Cc1ccc(S(=O)(=O)n2c(C)cc3c(Cl)c(Br)cnc32)cc1.Cc1ccc(S(=O)(=O)n2c(I)cc3c(Cl)c(Br)cnc32)cc1. The second kappa shape index (κ2) is 17.1. The van der Waals surface area contributed by atoms with Crippen LogP contribution in [0.1, 0.15) is 16.8 Å². The first-order valence-electron chi connectivity index (χ1n) is 15.8. The van der Waals surface area contributed by atoms with Crippen LogP contribution in [0.3, 0.4) is 0 Å². The Labute approximate surface area is 350 Å². The second-order valence-corrected chi connectivity index (χ2v) is 19.0. The largest absolute Gasteiger partial charge is 0.453 e. The third kappa shape index (κ3) is 9.21. The molecule has 5 heterocycles. The first-order chi connectivity index (χ1) is 24.8. The minimum atomic E-state index is -3.73. The minimum absolute atomic E-state index is 0.135. The Kier molecular flexibility index (Phi) is 13.6. The summed E-state index contributed by atoms with van der Waals surface area (Å²) in [4.78, 5) is 8.88. The molecule has 0 N–H and O–H groups in total. The topological polar surface area (TPSA) is 132 Å². The van der Waals surface area contributed by atoms with Crippen LogP contribution in [0.5, 0.6) is 0 Å². The van der Waals surface area contributed by atoms with Gasteiger partial charge in [-0.3, -0.25) is 0 Å². The standard InChI is InChI=1S/C15H12BrClN2O2S.C14H9BrClIN2O2S.C3H9B3O3/c1-9-3-5-11(6-4-9)22(20,21)19-10(2)7-12-14(17)13(16)8-18-15(12)19;1-8-2-4-9(5-3-8)22(20,21)19-12(17)6-10-13(16)11(15)7-18-14(10)19;1-4-7-5(2)9-6(3)8-4/h3-8H,1-2H3;2-7H,1H3;1-3H3. The van der Waals surface area contributed by atoms with E-state index in [1.54, 1.807) is 67.6 Å². The molecule has 11 nitrogen and oxygen atoms in total. The molecular formula is C32H30B3Br2Cl2IN4O7S2. The highest BCUT2D eigenvalue weighted by molar-refractivity contribution is 14.1. The minimum Gasteiger partial charge on any atom is -0.453 e. The fourth-order valence-electron chi connectivity index (χ4n) is 5.30. The number of fused-ring (bicyclic) bond motifs is 2. The lowest BCUT2D eigenvalue weighted by Crippen LogP contribution is -2.44. The molecular weight excluding hydrogens is 1010 g/mol. The zero-order valence-electron chi connectivity index (χ0n) is 29.0. The number of rotatable bonds is 4. The molecule has 0 atom stereocenters. The summed E-state index contributed by atoms with van der Waals surface area (Å²) in [6.07, 6.45) is 3.01. The van der Waals surface area contributed by atoms with Gasteiger partial charge in [0.2, 0.25) is 0 Å². The fourth-order valence-corrected chi connectivity index (χ4v) is 10.5. The number of benzene rings is 2. The van der Waals surface area contributed by atoms with E-state index in [1.165, 1.54) is 20.3 Å². The lowest BCUT2D eigenvalue weighted by atomic mass is 9.74. The molecule has 21 heteroatoms. The van der Waals surface area contributed by atoms with Crippen LogP contribution in [-0.2, 0) is 33.8 Å². The Balaban J connectivity index is 0.000000167. The highest BCUT2D eigenvalue weighted by Gasteiger charge is 2.31. The molecule has 53 heavy (non-hydrogen) atoms. The summed E-state index contributed by atoms with van der Waals surface area (Å²) in [5.41, 5.74) is 3.20. The van der Waals surface area contributed by atoms with Crippen molar-refractivity contribution in [2.24, 2.45) is 0 Å². The van der Waals surface area contributed by atoms with Gasteiger partial charge in [-0.15, -0.1) is 0 Å². The molecule has 1 aliphatic heterocycles. The van der Waals surface area contributed by atoms with Gasteiger partial charge in [-0.05, 0) is 132 Å². The summed E-state index contributed by atoms with van der Waals surface area (Å²) in [6.45, 7) is 11.1. The number of hydrogen-bond donors (Lipinski definition) is 0. The van der Waals surface area contributed by atoms with Crippen LogP contribution >= 0.6 is 77.7 Å². The maximum Gasteiger partial charge on any atom is 0.426 e. The summed E-state index contributed by atoms with van der Waals surface area (Å²) in [5.74, 6) is 0. The molecule has 0 amide bonds. The van der Waals surface area contributed by atoms with Gasteiger partial charge in [0.15, 0.2) is 11.3 Å². The van der Waals surface area contributed by atoms with Crippen LogP contribution in [0.4, 0.5) is 0 Å². The molecule has 1 saturated heterocycles. The van der Waals surface area contributed by atoms with Gasteiger partial charge in [0, 0.05) is 28.9 Å². The van der Waals surface area contributed by atoms with Gasteiger partial charge in [0.25, 0.3) is 20.0 Å². The van der Waals surface area contributed by atoms with Crippen LogP contribution in [0.15, 0.2) is 91.8 Å². The molecule has 0 unspecified atom stereocenters. The van der Waals surface area contributed by atoms with Crippen LogP contribution < -0.4 is 0 Å². The zero-order chi connectivity index (χ0) is 39.0. The highest BCUT2D eigenvalue weighted by Crippen LogP contribution is 2.35. The van der Waals surface area contributed by atoms with Crippen molar-refractivity contribution in [2.45, 2.75) is 51.0 Å². The molecule has 0 saturated carbocycles. The lowest BCUT2D eigenvalue weighted by Gasteiger charge is -2.25. The van der Waals surface area contributed by atoms with Crippen molar-refractivity contribution in [3.05, 3.63) is 113 Å². The molecule has 0 spiro atoms. The van der Waals surface area contributed by atoms with E-state index in [9.17, 15) is 16.8 Å². The van der Waals surface area contributed by atoms with Crippen molar-refractivity contribution < 1.29 is 30.6 Å². The number of nitrogens with zero attached hydrogens (tertiary/aromatic N) is 4. The average Bonchev–Trinajstić information content (AvgIpc) is 3.62. The van der Waals surface area contributed by atoms with E-state index in [1.807, 2.05) is 56.9 Å². The second-order valence-electron chi connectivity index (χ2n) is 11.8. The molecule has 1 aliphatic rings. The van der Waals surface area contributed by atoms with E-state index in [2.05, 4.69) is 41.8 Å². The number of pyridine rings is 2. The van der Waals surface area contributed by atoms with E-state index in [0.29, 0.717) is 50.5 Å². The van der Waals surface area contributed by atoms with Crippen LogP contribution in [-0.4, -0.2) is 56.1 Å². The van der Waals surface area contributed by atoms with Crippen molar-refractivity contribution in [3.8, 4) is 0 Å². The van der Waals surface area contributed by atoms with Crippen molar-refractivity contribution in [1.82, 2.24) is 17.9 Å². The molecule has 0 bridgehead atoms. The highest BCUT2D eigenvalue weighted by atomic mass is 127. The molecule has 0 aliphatic carbocycles. The summed E-state index contributed by atoms with van der Waals surface area (Å²) in [6, 6.07) is 16.9. The van der Waals surface area contributed by atoms with Gasteiger partial charge in [-0.2, -0.15) is 0 Å². The molecule has 2 aromatic carbocycles. The van der Waals surface area contributed by atoms with E-state index in [4.69, 9.17) is 36.9 Å². The normalized spacial score (nSPS) is 13.5. The van der Waals surface area contributed by atoms with E-state index in [-0.39, 0.29) is 31.1 Å². The Morgan fingerprint density at radius 3 is 1.42 bits per heavy atom. The third-order valence-electron chi connectivity index (χ3n) is 7.76. The molecule has 7 rings (SSSR count). The summed E-state index contributed by atoms with van der Waals surface area (Å²) in [7, 11) is -7.85. The summed E-state index contributed by atoms with van der Waals surface area (Å²) >= 11 is 21.0. The quantitative estimate of drug-likeness (QED) is 0.125. The van der Waals surface area contributed by atoms with Gasteiger partial charge in [0.05, 0.1) is 32.5 Å². The number of halogens is 5. The van der Waals surface area contributed by atoms with E-state index in [0.717, 1.165) is 11.1 Å². The van der Waals surface area contributed by atoms with Gasteiger partial charge >= 0.3 is 21.4 Å². The average molecular weight is 1040 g/mol. The number of hydrogen-bond acceptors (Lipinski definition) is 9. The molecule has 0 radical (unpaired) electrons. The number of aromatic nitrogens is 4. The van der Waals surface area contributed by atoms with Crippen molar-refractivity contribution in [3.63, 3.8) is 0 Å². The van der Waals surface area contributed by atoms with Crippen LogP contribution in [0.25, 0.3) is 22.1 Å². The zero-order valence-corrected chi connectivity index (χ0v) is 37.5. The fraction of sp³-hybridized carbons (Fsp3) is 0.188. The Morgan fingerprint density at radius 2 is 1.00 bits per heavy atom. The maximum absolute atomic E-state index is 12.9. The van der Waals surface area contributed by atoms with Crippen molar-refractivity contribution in [2.75, 3.05) is 0 Å². The van der Waals surface area contributed by atoms with Gasteiger partial charge in [0.1, 0.15) is 0 Å². The Morgan fingerprint density at radius 1 is 0.642 bits per heavy atom. The lowest BCUT2D eigenvalue weighted by molar-refractivity contribution is 0.294. The summed E-state index contributed by atoms with van der Waals surface area (Å²) < 4.78 is 71.2. The van der Waals surface area contributed by atoms with Crippen LogP contribution in [0.2, 0.25) is 30.5 Å². The summed E-state index contributed by atoms with van der Waals surface area (Å²) in [5, 5.41) is 2.09. The van der Waals surface area contributed by atoms with Gasteiger partial charge < -0.3 is 13.7 Å². The van der Waals surface area contributed by atoms with E-state index < -0.39 is 20.0 Å². The first-order valence-corrected chi connectivity index (χ1v) is 22.1. The van der Waals surface area contributed by atoms with Crippen molar-refractivity contribution in [1.29, 1.82) is 0 Å². The van der Waals surface area contributed by atoms with Gasteiger partial charge in [-0.25, -0.2) is 34.7 Å². The third-order valence-corrected chi connectivity index (χ3v) is 14.9. The Bertz CT molecular complexity index is 2340. The monoisotopic (exact) mass is 1030 g/mol. The Hall–Kier alpha value is -1.94. The van der Waals surface area contributed by atoms with Crippen molar-refractivity contribution >= 4 is 141 Å². The molecule has 276 valence electrons. The number of aryl methyl sites for hydroxylation is 3. The predicted octanol–water partition coefficient (Wildman–Crippen LogP) is 9.31. The predicted molar refractivity (Wildman–Crippen MR) is 228 cm³/mol.